The molecule has 2 nitrogen and oxygen atoms in total. The molecule has 102 valence electrons. The van der Waals surface area contributed by atoms with E-state index in [4.69, 9.17) is 27.9 Å². The van der Waals surface area contributed by atoms with Gasteiger partial charge in [-0.2, -0.15) is 0 Å². The van der Waals surface area contributed by atoms with E-state index in [-0.39, 0.29) is 12.1 Å². The molecule has 0 aliphatic rings. The first-order valence-corrected chi connectivity index (χ1v) is 7.11. The average Bonchev–Trinajstić information content (AvgIpc) is 2.38. The minimum atomic E-state index is 0.190. The molecular formula is C14H21Cl2NO. The number of benzene rings is 1. The molecule has 2 atom stereocenters. The van der Waals surface area contributed by atoms with Gasteiger partial charge < -0.3 is 10.1 Å². The monoisotopic (exact) mass is 289 g/mol. The molecule has 0 heterocycles. The van der Waals surface area contributed by atoms with Crippen molar-refractivity contribution in [1.82, 2.24) is 5.32 Å². The Morgan fingerprint density at radius 2 is 2.00 bits per heavy atom. The van der Waals surface area contributed by atoms with E-state index in [1.165, 1.54) is 0 Å². The van der Waals surface area contributed by atoms with E-state index in [2.05, 4.69) is 12.2 Å². The van der Waals surface area contributed by atoms with Crippen molar-refractivity contribution < 1.29 is 4.74 Å². The summed E-state index contributed by atoms with van der Waals surface area (Å²) in [5.41, 5.74) is 1.06. The standard InChI is InChI=1S/C14H21Cl2NO/c1-4-13(18-5-2)12(17-3)9-10-7-6-8-11(15)14(10)16/h6-8,12-13,17H,4-5,9H2,1-3H3. The Kier molecular flexibility index (Phi) is 7.02. The van der Waals surface area contributed by atoms with Gasteiger partial charge in [0.05, 0.1) is 16.1 Å². The number of rotatable bonds is 7. The van der Waals surface area contributed by atoms with Gasteiger partial charge in [-0.1, -0.05) is 42.3 Å². The molecule has 0 amide bonds. The topological polar surface area (TPSA) is 21.3 Å². The molecule has 0 fully saturated rings. The van der Waals surface area contributed by atoms with Gasteiger partial charge in [0.15, 0.2) is 0 Å². The SMILES string of the molecule is CCOC(CC)C(Cc1cccc(Cl)c1Cl)NC. The van der Waals surface area contributed by atoms with Gasteiger partial charge in [-0.3, -0.25) is 0 Å². The van der Waals surface area contributed by atoms with Crippen LogP contribution in [0.2, 0.25) is 10.0 Å². The summed E-state index contributed by atoms with van der Waals surface area (Å²) < 4.78 is 5.75. The van der Waals surface area contributed by atoms with E-state index in [1.54, 1.807) is 0 Å². The first kappa shape index (κ1) is 15.8. The van der Waals surface area contributed by atoms with Gasteiger partial charge in [-0.25, -0.2) is 0 Å². The Bertz CT molecular complexity index is 371. The van der Waals surface area contributed by atoms with Gasteiger partial charge in [0.1, 0.15) is 0 Å². The number of hydrogen-bond donors (Lipinski definition) is 1. The summed E-state index contributed by atoms with van der Waals surface area (Å²) >= 11 is 12.3. The lowest BCUT2D eigenvalue weighted by Crippen LogP contribution is -2.40. The number of ether oxygens (including phenoxy) is 1. The molecule has 0 bridgehead atoms. The Labute approximate surface area is 120 Å². The van der Waals surface area contributed by atoms with Crippen LogP contribution in [0.15, 0.2) is 18.2 Å². The summed E-state index contributed by atoms with van der Waals surface area (Å²) in [4.78, 5) is 0. The Balaban J connectivity index is 2.81. The fraction of sp³-hybridized carbons (Fsp3) is 0.571. The molecule has 0 aliphatic carbocycles. The molecule has 0 saturated heterocycles. The van der Waals surface area contributed by atoms with Gasteiger partial charge in [0.2, 0.25) is 0 Å². The van der Waals surface area contributed by atoms with Crippen LogP contribution in [0.4, 0.5) is 0 Å². The zero-order valence-corrected chi connectivity index (χ0v) is 12.7. The Morgan fingerprint density at radius 3 is 2.56 bits per heavy atom. The molecule has 1 rings (SSSR count). The van der Waals surface area contributed by atoms with Gasteiger partial charge in [0.25, 0.3) is 0 Å². The highest BCUT2D eigenvalue weighted by atomic mass is 35.5. The second-order valence-electron chi connectivity index (χ2n) is 4.21. The van der Waals surface area contributed by atoms with Crippen molar-refractivity contribution in [3.05, 3.63) is 33.8 Å². The smallest absolute Gasteiger partial charge is 0.0728 e. The van der Waals surface area contributed by atoms with Crippen molar-refractivity contribution in [3.8, 4) is 0 Å². The quantitative estimate of drug-likeness (QED) is 0.821. The summed E-state index contributed by atoms with van der Waals surface area (Å²) in [5, 5.41) is 4.56. The summed E-state index contributed by atoms with van der Waals surface area (Å²) in [6, 6.07) is 5.99. The van der Waals surface area contributed by atoms with Crippen molar-refractivity contribution >= 4 is 23.2 Å². The third-order valence-corrected chi connectivity index (χ3v) is 3.93. The highest BCUT2D eigenvalue weighted by molar-refractivity contribution is 6.42. The maximum atomic E-state index is 6.22. The van der Waals surface area contributed by atoms with Crippen molar-refractivity contribution in [3.63, 3.8) is 0 Å². The zero-order valence-electron chi connectivity index (χ0n) is 11.2. The van der Waals surface area contributed by atoms with E-state index in [0.29, 0.717) is 10.0 Å². The van der Waals surface area contributed by atoms with Crippen LogP contribution in [0.5, 0.6) is 0 Å². The van der Waals surface area contributed by atoms with Crippen LogP contribution < -0.4 is 5.32 Å². The van der Waals surface area contributed by atoms with Crippen molar-refractivity contribution in [2.75, 3.05) is 13.7 Å². The van der Waals surface area contributed by atoms with Crippen LogP contribution in [0, 0.1) is 0 Å². The van der Waals surface area contributed by atoms with Crippen LogP contribution in [-0.2, 0) is 11.2 Å². The molecule has 0 radical (unpaired) electrons. The predicted molar refractivity (Wildman–Crippen MR) is 78.7 cm³/mol. The Hall–Kier alpha value is -0.280. The molecule has 4 heteroatoms. The van der Waals surface area contributed by atoms with Gasteiger partial charge in [-0.05, 0) is 38.4 Å². The number of hydrogen-bond acceptors (Lipinski definition) is 2. The van der Waals surface area contributed by atoms with Crippen molar-refractivity contribution in [2.45, 2.75) is 38.8 Å². The second-order valence-corrected chi connectivity index (χ2v) is 5.00. The lowest BCUT2D eigenvalue weighted by molar-refractivity contribution is 0.0339. The third-order valence-electron chi connectivity index (χ3n) is 3.07. The van der Waals surface area contributed by atoms with E-state index in [1.807, 2.05) is 32.2 Å². The zero-order chi connectivity index (χ0) is 13.5. The average molecular weight is 290 g/mol. The molecule has 1 aromatic rings. The fourth-order valence-corrected chi connectivity index (χ4v) is 2.49. The molecule has 2 unspecified atom stereocenters. The lowest BCUT2D eigenvalue weighted by Gasteiger charge is -2.26. The fourth-order valence-electron chi connectivity index (χ4n) is 2.10. The largest absolute Gasteiger partial charge is 0.377 e. The molecule has 1 N–H and O–H groups in total. The van der Waals surface area contributed by atoms with Gasteiger partial charge >= 0.3 is 0 Å². The van der Waals surface area contributed by atoms with Gasteiger partial charge in [-0.15, -0.1) is 0 Å². The maximum Gasteiger partial charge on any atom is 0.0728 e. The van der Waals surface area contributed by atoms with Gasteiger partial charge in [0, 0.05) is 12.6 Å². The van der Waals surface area contributed by atoms with Crippen molar-refractivity contribution in [1.29, 1.82) is 0 Å². The van der Waals surface area contributed by atoms with E-state index in [0.717, 1.165) is 25.0 Å². The molecule has 1 aromatic carbocycles. The molecule has 0 aromatic heterocycles. The molecule has 0 spiro atoms. The lowest BCUT2D eigenvalue weighted by atomic mass is 9.99. The van der Waals surface area contributed by atoms with Crippen LogP contribution in [0.25, 0.3) is 0 Å². The minimum absolute atomic E-state index is 0.190. The minimum Gasteiger partial charge on any atom is -0.377 e. The normalized spacial score (nSPS) is 14.5. The van der Waals surface area contributed by atoms with Crippen LogP contribution in [0.1, 0.15) is 25.8 Å². The number of nitrogens with one attached hydrogen (secondary N) is 1. The van der Waals surface area contributed by atoms with E-state index < -0.39 is 0 Å². The molecule has 0 aliphatic heterocycles. The maximum absolute atomic E-state index is 6.22. The van der Waals surface area contributed by atoms with Crippen molar-refractivity contribution in [2.24, 2.45) is 0 Å². The summed E-state index contributed by atoms with van der Waals surface area (Å²) in [7, 11) is 1.95. The molecular weight excluding hydrogens is 269 g/mol. The third kappa shape index (κ3) is 4.13. The van der Waals surface area contributed by atoms with E-state index in [9.17, 15) is 0 Å². The van der Waals surface area contributed by atoms with Crippen LogP contribution in [-0.4, -0.2) is 25.8 Å². The van der Waals surface area contributed by atoms with Crippen LogP contribution in [0.3, 0.4) is 0 Å². The predicted octanol–water partition coefficient (Wildman–Crippen LogP) is 3.94. The number of likely N-dealkylation sites (N-methyl/N-ethyl adjacent to an activating group) is 1. The molecule has 0 saturated carbocycles. The summed E-state index contributed by atoms with van der Waals surface area (Å²) in [6.07, 6.45) is 1.97. The highest BCUT2D eigenvalue weighted by Crippen LogP contribution is 2.27. The summed E-state index contributed by atoms with van der Waals surface area (Å²) in [6.45, 7) is 4.87. The second kappa shape index (κ2) is 8.00. The number of halogens is 2. The molecule has 18 heavy (non-hydrogen) atoms. The van der Waals surface area contributed by atoms with Crippen LogP contribution >= 0.6 is 23.2 Å². The Morgan fingerprint density at radius 1 is 1.28 bits per heavy atom. The highest BCUT2D eigenvalue weighted by Gasteiger charge is 2.20. The first-order valence-electron chi connectivity index (χ1n) is 6.35. The summed E-state index contributed by atoms with van der Waals surface area (Å²) in [5.74, 6) is 0. The van der Waals surface area contributed by atoms with E-state index >= 15 is 0 Å². The first-order chi connectivity index (χ1) is 8.63.